The molecule has 1 aromatic heterocycles. The van der Waals surface area contributed by atoms with Crippen molar-refractivity contribution in [3.05, 3.63) is 132 Å². The van der Waals surface area contributed by atoms with E-state index in [2.05, 4.69) is 47.2 Å². The second kappa shape index (κ2) is 28.8. The molecule has 14 N–H and O–H groups in total. The normalized spacial score (nSPS) is 20.6. The zero-order valence-electron chi connectivity index (χ0n) is 42.8. The van der Waals surface area contributed by atoms with Crippen molar-refractivity contribution in [2.45, 2.75) is 120 Å². The smallest absolute Gasteiger partial charge is 0.243 e. The number of aliphatic imine (C=N–C) groups is 1. The number of guanidine groups is 1. The molecule has 0 bridgehead atoms. The summed E-state index contributed by atoms with van der Waals surface area (Å²) < 4.78 is 0. The van der Waals surface area contributed by atoms with Crippen molar-refractivity contribution >= 4 is 64.1 Å². The predicted molar refractivity (Wildman–Crippen MR) is 289 cm³/mol. The molecule has 0 spiro atoms. The second-order valence-electron chi connectivity index (χ2n) is 19.0. The number of H-pyrrole nitrogens is 1. The van der Waals surface area contributed by atoms with Crippen molar-refractivity contribution in [1.82, 2.24) is 42.2 Å². The molecule has 1 fully saturated rings. The molecular weight excluding hydrogens is 969 g/mol. The first-order valence-electron chi connectivity index (χ1n) is 25.8. The summed E-state index contributed by atoms with van der Waals surface area (Å²) in [7, 11) is 0. The van der Waals surface area contributed by atoms with Crippen LogP contribution in [0.3, 0.4) is 0 Å². The number of nitrogens with zero attached hydrogens (tertiary/aromatic N) is 1. The molecule has 6 atom stereocenters. The van der Waals surface area contributed by atoms with E-state index in [1.165, 1.54) is 0 Å². The van der Waals surface area contributed by atoms with Gasteiger partial charge in [0, 0.05) is 55.9 Å². The van der Waals surface area contributed by atoms with Crippen LogP contribution in [0.25, 0.3) is 22.0 Å². The van der Waals surface area contributed by atoms with Crippen LogP contribution in [0, 0.1) is 0 Å². The topological polar surface area (TPSA) is 327 Å². The van der Waals surface area contributed by atoms with E-state index in [1.54, 1.807) is 36.5 Å². The van der Waals surface area contributed by atoms with Crippen molar-refractivity contribution in [3.8, 4) is 11.1 Å². The lowest BCUT2D eigenvalue weighted by atomic mass is 9.99. The number of hydrogen-bond donors (Lipinski definition) is 11. The lowest BCUT2D eigenvalue weighted by Crippen LogP contribution is -2.60. The Morgan fingerprint density at radius 3 is 1.84 bits per heavy atom. The SMILES string of the molecule is CCCCC(=O)NC1CC(=O)NCCCC[C@@H](C(N)=O)NC(=O)[C@H](Cc2c[nH]c3ccccc23)NC(=O)[C@H](CCCN=C(N)N)NC(=O)[C@@H](Cc2ccccc2)NC(=O)C(Cc2ccc(-c3ccccc3)cc2)NC1=O. The van der Waals surface area contributed by atoms with Crippen molar-refractivity contribution in [2.24, 2.45) is 22.2 Å². The molecule has 76 heavy (non-hydrogen) atoms. The Labute approximate surface area is 441 Å². The predicted octanol–water partition coefficient (Wildman–Crippen LogP) is 2.19. The van der Waals surface area contributed by atoms with Crippen LogP contribution < -0.4 is 54.4 Å². The maximum atomic E-state index is 14.9. The minimum atomic E-state index is -1.41. The molecule has 1 aliphatic heterocycles. The second-order valence-corrected chi connectivity index (χ2v) is 19.0. The van der Waals surface area contributed by atoms with Gasteiger partial charge in [-0.05, 0) is 72.4 Å². The number of unbranched alkanes of at least 4 members (excludes halogenated alkanes) is 1. The average Bonchev–Trinajstić information content (AvgIpc) is 3.82. The average molecular weight is 1040 g/mol. The number of amides is 8. The van der Waals surface area contributed by atoms with Crippen LogP contribution in [-0.4, -0.2) is 108 Å². The molecule has 402 valence electrons. The van der Waals surface area contributed by atoms with Gasteiger partial charge in [0.05, 0.1) is 6.42 Å². The molecule has 2 heterocycles. The summed E-state index contributed by atoms with van der Waals surface area (Å²) in [4.78, 5) is 120. The Morgan fingerprint density at radius 2 is 1.18 bits per heavy atom. The van der Waals surface area contributed by atoms with Crippen molar-refractivity contribution in [3.63, 3.8) is 0 Å². The number of aromatic amines is 1. The largest absolute Gasteiger partial charge is 0.370 e. The van der Waals surface area contributed by atoms with Crippen molar-refractivity contribution in [1.29, 1.82) is 0 Å². The third-order valence-corrected chi connectivity index (χ3v) is 13.1. The molecule has 20 nitrogen and oxygen atoms in total. The van der Waals surface area contributed by atoms with Crippen LogP contribution >= 0.6 is 0 Å². The van der Waals surface area contributed by atoms with E-state index < -0.39 is 89.9 Å². The number of rotatable bonds is 16. The highest BCUT2D eigenvalue weighted by molar-refractivity contribution is 5.98. The zero-order valence-corrected chi connectivity index (χ0v) is 42.8. The Morgan fingerprint density at radius 1 is 0.618 bits per heavy atom. The Kier molecular flexibility index (Phi) is 21.5. The van der Waals surface area contributed by atoms with E-state index in [1.807, 2.05) is 85.8 Å². The van der Waals surface area contributed by atoms with Gasteiger partial charge in [-0.2, -0.15) is 0 Å². The molecule has 5 aromatic rings. The molecule has 4 aromatic carbocycles. The van der Waals surface area contributed by atoms with Crippen LogP contribution in [0.2, 0.25) is 0 Å². The number of benzene rings is 4. The summed E-state index contributed by atoms with van der Waals surface area (Å²) >= 11 is 0. The number of nitrogens with one attached hydrogen (secondary N) is 8. The van der Waals surface area contributed by atoms with Gasteiger partial charge in [-0.1, -0.05) is 116 Å². The number of nitrogens with two attached hydrogens (primary N) is 3. The molecule has 2 unspecified atom stereocenters. The minimum Gasteiger partial charge on any atom is -0.370 e. The van der Waals surface area contributed by atoms with Crippen LogP contribution in [0.4, 0.5) is 0 Å². The highest BCUT2D eigenvalue weighted by atomic mass is 16.2. The fourth-order valence-electron chi connectivity index (χ4n) is 8.89. The first kappa shape index (κ1) is 56.7. The van der Waals surface area contributed by atoms with Gasteiger partial charge in [-0.3, -0.25) is 43.3 Å². The van der Waals surface area contributed by atoms with E-state index in [0.29, 0.717) is 42.4 Å². The Bertz CT molecular complexity index is 2800. The van der Waals surface area contributed by atoms with E-state index in [0.717, 1.165) is 22.0 Å². The molecule has 8 amide bonds. The lowest BCUT2D eigenvalue weighted by Gasteiger charge is -2.28. The molecule has 6 rings (SSSR count). The number of hydrogen-bond acceptors (Lipinski definition) is 9. The zero-order chi connectivity index (χ0) is 54.4. The molecule has 0 aliphatic carbocycles. The van der Waals surface area contributed by atoms with Crippen LogP contribution in [0.1, 0.15) is 81.4 Å². The fourth-order valence-corrected chi connectivity index (χ4v) is 8.89. The molecular formula is C56H70N12O8. The molecule has 1 saturated heterocycles. The standard InChI is InChI=1S/C56H70N12O8/c1-2-3-23-48(69)63-47-33-49(70)60-28-13-12-21-42(50(57)71)64-54(75)46(32-39-34-62-41-20-11-10-19-40(39)41)68-51(72)43(22-14-29-61-56(58)59)65-52(73)44(30-35-15-6-4-7-16-35)66-53(74)45(67-55(47)76)31-36-24-26-38(27-25-36)37-17-8-5-9-18-37/h4-11,15-20,24-27,34,42-47,62H,2-3,12-14,21-23,28-33H2,1H3,(H2,57,71)(H,60,70)(H,63,69)(H,64,75)(H,65,73)(H,66,74)(H,67,76)(H,68,72)(H4,58,59,61)/t42-,43-,44+,45?,46-,47?/m0/s1. The molecule has 0 saturated carbocycles. The van der Waals surface area contributed by atoms with Gasteiger partial charge in [0.1, 0.15) is 36.3 Å². The van der Waals surface area contributed by atoms with E-state index in [4.69, 9.17) is 17.2 Å². The fraction of sp³-hybridized carbons (Fsp3) is 0.375. The van der Waals surface area contributed by atoms with Gasteiger partial charge in [-0.25, -0.2) is 0 Å². The summed E-state index contributed by atoms with van der Waals surface area (Å²) in [6.45, 7) is 2.10. The summed E-state index contributed by atoms with van der Waals surface area (Å²) in [5.74, 6) is -5.90. The number of carbonyl (C=O) groups is 8. The number of primary amides is 1. The van der Waals surface area contributed by atoms with Crippen LogP contribution in [0.15, 0.2) is 120 Å². The monoisotopic (exact) mass is 1040 g/mol. The van der Waals surface area contributed by atoms with Gasteiger partial charge < -0.3 is 59.4 Å². The summed E-state index contributed by atoms with van der Waals surface area (Å²) in [6.07, 6.45) is 3.26. The maximum Gasteiger partial charge on any atom is 0.243 e. The summed E-state index contributed by atoms with van der Waals surface area (Å²) in [5, 5.41) is 20.2. The number of carbonyl (C=O) groups excluding carboxylic acids is 8. The third kappa shape index (κ3) is 17.6. The van der Waals surface area contributed by atoms with Gasteiger partial charge in [0.2, 0.25) is 47.3 Å². The maximum absolute atomic E-state index is 14.9. The minimum absolute atomic E-state index is 0.0263. The Balaban J connectivity index is 1.39. The van der Waals surface area contributed by atoms with Crippen molar-refractivity contribution in [2.75, 3.05) is 13.1 Å². The number of para-hydroxylation sites is 1. The van der Waals surface area contributed by atoms with Gasteiger partial charge in [0.25, 0.3) is 0 Å². The van der Waals surface area contributed by atoms with Crippen LogP contribution in [-0.2, 0) is 57.6 Å². The van der Waals surface area contributed by atoms with E-state index in [9.17, 15) is 38.4 Å². The molecule has 20 heteroatoms. The quantitative estimate of drug-likeness (QED) is 0.0389. The third-order valence-electron chi connectivity index (χ3n) is 13.1. The van der Waals surface area contributed by atoms with Gasteiger partial charge >= 0.3 is 0 Å². The molecule has 1 aliphatic rings. The molecule has 0 radical (unpaired) electrons. The number of aromatic nitrogens is 1. The van der Waals surface area contributed by atoms with E-state index in [-0.39, 0.29) is 64.0 Å². The highest BCUT2D eigenvalue weighted by Crippen LogP contribution is 2.22. The number of fused-ring (bicyclic) bond motifs is 1. The van der Waals surface area contributed by atoms with Gasteiger partial charge in [0.15, 0.2) is 5.96 Å². The van der Waals surface area contributed by atoms with Gasteiger partial charge in [-0.15, -0.1) is 0 Å². The first-order valence-corrected chi connectivity index (χ1v) is 25.8. The highest BCUT2D eigenvalue weighted by Gasteiger charge is 2.34. The van der Waals surface area contributed by atoms with Crippen LogP contribution in [0.5, 0.6) is 0 Å². The lowest BCUT2D eigenvalue weighted by molar-refractivity contribution is -0.136. The first-order chi connectivity index (χ1) is 36.7. The summed E-state index contributed by atoms with van der Waals surface area (Å²) in [5.41, 5.74) is 21.7. The van der Waals surface area contributed by atoms with Crippen molar-refractivity contribution < 1.29 is 38.4 Å². The van der Waals surface area contributed by atoms with E-state index >= 15 is 0 Å². The summed E-state index contributed by atoms with van der Waals surface area (Å²) in [6, 6.07) is 25.4. The Hall–Kier alpha value is -8.55.